The molecule has 11 nitrogen and oxygen atoms in total. The van der Waals surface area contributed by atoms with Crippen LogP contribution in [0.1, 0.15) is 39.6 Å². The lowest BCUT2D eigenvalue weighted by molar-refractivity contribution is -0.137. The number of aromatic nitrogens is 2. The number of hydrogen-bond acceptors (Lipinski definition) is 11. The number of nitrogens with one attached hydrogen (secondary N) is 1. The summed E-state index contributed by atoms with van der Waals surface area (Å²) >= 11 is 0.708. The number of thiophene rings is 1. The van der Waals surface area contributed by atoms with Crippen molar-refractivity contribution in [2.75, 3.05) is 69.1 Å². The van der Waals surface area contributed by atoms with Gasteiger partial charge in [0.1, 0.15) is 10.4 Å². The van der Waals surface area contributed by atoms with Crippen LogP contribution >= 0.6 is 11.3 Å². The number of benzene rings is 1. The van der Waals surface area contributed by atoms with Crippen molar-refractivity contribution in [1.82, 2.24) is 19.8 Å². The molecular formula is C31H33F3N6O5S2. The summed E-state index contributed by atoms with van der Waals surface area (Å²) in [6.07, 6.45) is -2.11. The van der Waals surface area contributed by atoms with Crippen molar-refractivity contribution < 1.29 is 35.9 Å². The molecule has 2 aromatic heterocycles. The molecule has 2 atom stereocenters. The molecule has 0 spiro atoms. The van der Waals surface area contributed by atoms with Crippen LogP contribution in [0.4, 0.5) is 30.5 Å². The minimum Gasteiger partial charge on any atom is -0.378 e. The van der Waals surface area contributed by atoms with E-state index in [1.807, 2.05) is 12.1 Å². The van der Waals surface area contributed by atoms with Gasteiger partial charge in [0.15, 0.2) is 9.84 Å². The van der Waals surface area contributed by atoms with Gasteiger partial charge in [-0.1, -0.05) is 0 Å². The smallest absolute Gasteiger partial charge is 0.378 e. The Balaban J connectivity index is 1.14. The van der Waals surface area contributed by atoms with Crippen molar-refractivity contribution in [3.05, 3.63) is 46.5 Å². The van der Waals surface area contributed by atoms with E-state index in [0.29, 0.717) is 48.4 Å². The molecular weight excluding hydrogens is 658 g/mol. The van der Waals surface area contributed by atoms with E-state index in [0.717, 1.165) is 43.2 Å². The summed E-state index contributed by atoms with van der Waals surface area (Å²) in [6, 6.07) is 7.51. The predicted octanol–water partition coefficient (Wildman–Crippen LogP) is 3.99. The number of rotatable bonds is 6. The highest BCUT2D eigenvalue weighted by molar-refractivity contribution is 7.91. The van der Waals surface area contributed by atoms with E-state index >= 15 is 0 Å². The Hall–Kier alpha value is -3.31. The molecule has 3 saturated heterocycles. The third kappa shape index (κ3) is 5.57. The Morgan fingerprint density at radius 3 is 2.49 bits per heavy atom. The van der Waals surface area contributed by atoms with Gasteiger partial charge in [0.2, 0.25) is 5.95 Å². The fraction of sp³-hybridized carbons (Fsp3) is 0.516. The van der Waals surface area contributed by atoms with Crippen LogP contribution < -0.4 is 10.2 Å². The molecule has 4 fully saturated rings. The van der Waals surface area contributed by atoms with E-state index in [1.54, 1.807) is 0 Å². The van der Waals surface area contributed by atoms with Crippen molar-refractivity contribution in [3.63, 3.8) is 0 Å². The van der Waals surface area contributed by atoms with Crippen LogP contribution in [0.25, 0.3) is 10.6 Å². The number of halogens is 3. The number of carbonyl (C=O) groups is 1. The molecule has 16 heteroatoms. The zero-order chi connectivity index (χ0) is 32.7. The number of sulfone groups is 1. The van der Waals surface area contributed by atoms with Crippen LogP contribution in [0.5, 0.6) is 0 Å². The highest BCUT2D eigenvalue weighted by atomic mass is 32.2. The fourth-order valence-corrected chi connectivity index (χ4v) is 9.80. The molecule has 1 saturated carbocycles. The number of fused-ring (bicyclic) bond motifs is 2. The number of ether oxygens (including phenoxy) is 2. The monoisotopic (exact) mass is 690 g/mol. The van der Waals surface area contributed by atoms with E-state index in [9.17, 15) is 26.4 Å². The Labute approximate surface area is 273 Å². The van der Waals surface area contributed by atoms with Crippen LogP contribution in [0.3, 0.4) is 0 Å². The zero-order valence-electron chi connectivity index (χ0n) is 25.5. The Bertz CT molecular complexity index is 1840. The summed E-state index contributed by atoms with van der Waals surface area (Å²) in [5, 5.41) is 3.16. The van der Waals surface area contributed by atoms with Crippen molar-refractivity contribution >= 4 is 44.4 Å². The molecule has 3 aromatic rings. The normalized spacial score (nSPS) is 24.9. The lowest BCUT2D eigenvalue weighted by atomic mass is 10.0. The number of anilines is 3. The molecule has 0 radical (unpaired) electrons. The van der Waals surface area contributed by atoms with Gasteiger partial charge in [-0.3, -0.25) is 9.69 Å². The molecule has 6 heterocycles. The van der Waals surface area contributed by atoms with Crippen LogP contribution in [-0.2, 0) is 25.5 Å². The Kier molecular flexibility index (Phi) is 7.51. The van der Waals surface area contributed by atoms with Gasteiger partial charge in [0.25, 0.3) is 5.91 Å². The van der Waals surface area contributed by atoms with Crippen molar-refractivity contribution in [2.45, 2.75) is 48.0 Å². The zero-order valence-corrected chi connectivity index (χ0v) is 27.1. The molecule has 1 aliphatic carbocycles. The van der Waals surface area contributed by atoms with Gasteiger partial charge in [-0.25, -0.2) is 18.4 Å². The van der Waals surface area contributed by atoms with Gasteiger partial charge in [-0.05, 0) is 55.6 Å². The third-order valence-corrected chi connectivity index (χ3v) is 12.8. The van der Waals surface area contributed by atoms with Crippen LogP contribution in [0.15, 0.2) is 35.4 Å². The minimum atomic E-state index is -4.82. The number of amides is 1. The first-order valence-corrected chi connectivity index (χ1v) is 18.1. The number of alkyl halides is 3. The van der Waals surface area contributed by atoms with E-state index in [4.69, 9.17) is 9.47 Å². The van der Waals surface area contributed by atoms with E-state index in [-0.39, 0.29) is 58.2 Å². The lowest BCUT2D eigenvalue weighted by Crippen LogP contribution is -2.58. The topological polar surface area (TPSA) is 117 Å². The maximum Gasteiger partial charge on any atom is 0.420 e. The molecule has 0 unspecified atom stereocenters. The average Bonchev–Trinajstić information content (AvgIpc) is 3.56. The summed E-state index contributed by atoms with van der Waals surface area (Å²) < 4.78 is 80.2. The summed E-state index contributed by atoms with van der Waals surface area (Å²) in [4.78, 5) is 27.5. The molecule has 4 aliphatic heterocycles. The number of likely N-dealkylation sites (N-methyl/N-ethyl adjacent to an activating group) is 1. The van der Waals surface area contributed by atoms with Crippen LogP contribution in [-0.4, -0.2) is 111 Å². The lowest BCUT2D eigenvalue weighted by Gasteiger charge is -2.43. The number of piperazine rings is 1. The van der Waals surface area contributed by atoms with Gasteiger partial charge in [-0.2, -0.15) is 13.2 Å². The van der Waals surface area contributed by atoms with Crippen molar-refractivity contribution in [2.24, 2.45) is 0 Å². The minimum absolute atomic E-state index is 0.00670. The molecule has 47 heavy (non-hydrogen) atoms. The molecule has 0 bridgehead atoms. The van der Waals surface area contributed by atoms with Crippen LogP contribution in [0.2, 0.25) is 0 Å². The van der Waals surface area contributed by atoms with Crippen molar-refractivity contribution in [1.29, 1.82) is 0 Å². The highest BCUT2D eigenvalue weighted by Gasteiger charge is 2.42. The van der Waals surface area contributed by atoms with Gasteiger partial charge in [-0.15, -0.1) is 11.3 Å². The SMILES string of the molecule is CN1CCN(c2ccc(Nc3ncc(C(F)(F)F)c(-c4cc5c(s4)C(=O)N(C4COC4)CCS5(=O)=O)n3)c(C3CC3)c2)[C@H]2COC[C@H]21. The van der Waals surface area contributed by atoms with E-state index in [2.05, 4.69) is 38.2 Å². The van der Waals surface area contributed by atoms with E-state index in [1.165, 1.54) is 4.90 Å². The fourth-order valence-electron chi connectivity index (χ4n) is 6.88. The number of carbonyl (C=O) groups excluding carboxylic acids is 1. The first-order valence-electron chi connectivity index (χ1n) is 15.6. The second-order valence-corrected chi connectivity index (χ2v) is 15.9. The number of hydrogen-bond donors (Lipinski definition) is 1. The van der Waals surface area contributed by atoms with Crippen molar-refractivity contribution in [3.8, 4) is 10.6 Å². The highest BCUT2D eigenvalue weighted by Crippen LogP contribution is 2.47. The summed E-state index contributed by atoms with van der Waals surface area (Å²) in [6.45, 7) is 3.69. The molecule has 8 rings (SSSR count). The summed E-state index contributed by atoms with van der Waals surface area (Å²) in [7, 11) is -1.82. The largest absolute Gasteiger partial charge is 0.420 e. The average molecular weight is 691 g/mol. The molecule has 5 aliphatic rings. The maximum absolute atomic E-state index is 14.3. The molecule has 1 amide bonds. The number of nitrogens with zero attached hydrogens (tertiary/aromatic N) is 5. The Morgan fingerprint density at radius 2 is 1.77 bits per heavy atom. The van der Waals surface area contributed by atoms with Gasteiger partial charge >= 0.3 is 6.18 Å². The Morgan fingerprint density at radius 1 is 1.00 bits per heavy atom. The molecule has 1 aromatic carbocycles. The molecule has 1 N–H and O–H groups in total. The van der Waals surface area contributed by atoms with Gasteiger partial charge in [0.05, 0.1) is 65.8 Å². The summed E-state index contributed by atoms with van der Waals surface area (Å²) in [5.41, 5.74) is 1.22. The van der Waals surface area contributed by atoms with Gasteiger partial charge in [0, 0.05) is 37.2 Å². The maximum atomic E-state index is 14.3. The standard InChI is InChI=1S/C31H33F3N6O5S2/c1-38-6-7-39(24-16-45-15-23(24)38)18-4-5-22(20(10-18)17-2-3-17)36-30-35-12-21(31(32,33)34)27(37-30)25-11-26-28(46-25)29(41)40(19-13-44-14-19)8-9-47(26,42)43/h4-5,10-12,17,19,23-24H,2-3,6-9,13-16H2,1H3,(H,35,36,37)/t23-,24+/m1/s1. The first-order chi connectivity index (χ1) is 22.5. The van der Waals surface area contributed by atoms with E-state index < -0.39 is 33.2 Å². The van der Waals surface area contributed by atoms with Gasteiger partial charge < -0.3 is 24.6 Å². The predicted molar refractivity (Wildman–Crippen MR) is 168 cm³/mol. The first kappa shape index (κ1) is 31.0. The quantitative estimate of drug-likeness (QED) is 0.407. The second-order valence-electron chi connectivity index (χ2n) is 12.8. The molecule has 250 valence electrons. The third-order valence-electron chi connectivity index (χ3n) is 9.79. The van der Waals surface area contributed by atoms with Crippen LogP contribution in [0, 0.1) is 0 Å². The second kappa shape index (κ2) is 11.4. The summed E-state index contributed by atoms with van der Waals surface area (Å²) in [5.74, 6) is -0.611.